The van der Waals surface area contributed by atoms with Crippen molar-refractivity contribution in [2.24, 2.45) is 7.05 Å². The van der Waals surface area contributed by atoms with Gasteiger partial charge >= 0.3 is 0 Å². The zero-order chi connectivity index (χ0) is 18.3. The van der Waals surface area contributed by atoms with Gasteiger partial charge in [-0.3, -0.25) is 4.79 Å². The fraction of sp³-hybridized carbons (Fsp3) is 0.294. The highest BCUT2D eigenvalue weighted by Crippen LogP contribution is 2.35. The van der Waals surface area contributed by atoms with Gasteiger partial charge in [-0.05, 0) is 42.5 Å². The summed E-state index contributed by atoms with van der Waals surface area (Å²) in [4.78, 5) is 12.7. The molecule has 0 saturated heterocycles. The topological polar surface area (TPSA) is 84.1 Å². The molecule has 0 spiro atoms. The lowest BCUT2D eigenvalue weighted by atomic mass is 10.2. The predicted molar refractivity (Wildman–Crippen MR) is 95.2 cm³/mol. The predicted octanol–water partition coefficient (Wildman–Crippen LogP) is 2.32. The number of hydrogen-bond donors (Lipinski definition) is 0. The van der Waals surface area contributed by atoms with Crippen LogP contribution < -0.4 is 9.47 Å². The van der Waals surface area contributed by atoms with Crippen LogP contribution >= 0.6 is 11.8 Å². The smallest absolute Gasteiger partial charge is 0.231 e. The Morgan fingerprint density at radius 2 is 2.04 bits per heavy atom. The Labute approximate surface area is 154 Å². The fourth-order valence-corrected chi connectivity index (χ4v) is 3.75. The molecule has 0 bridgehead atoms. The lowest BCUT2D eigenvalue weighted by molar-refractivity contribution is 0.102. The van der Waals surface area contributed by atoms with Crippen molar-refractivity contribution < 1.29 is 14.3 Å². The highest BCUT2D eigenvalue weighted by atomic mass is 32.2. The quantitative estimate of drug-likeness (QED) is 0.503. The molecule has 1 aliphatic heterocycles. The van der Waals surface area contributed by atoms with Crippen molar-refractivity contribution in [1.82, 2.24) is 24.8 Å². The second kappa shape index (κ2) is 6.49. The molecule has 134 valence electrons. The minimum atomic E-state index is 0.0399. The van der Waals surface area contributed by atoms with Crippen LogP contribution in [-0.2, 0) is 7.05 Å². The minimum absolute atomic E-state index is 0.0399. The molecule has 0 amide bonds. The Balaban J connectivity index is 1.60. The van der Waals surface area contributed by atoms with E-state index in [1.807, 2.05) is 42.7 Å². The number of ether oxygens (including phenoxy) is 2. The maximum atomic E-state index is 12.7. The molecule has 2 aromatic heterocycles. The van der Waals surface area contributed by atoms with Crippen molar-refractivity contribution in [2.75, 3.05) is 12.5 Å². The molecule has 0 aliphatic carbocycles. The number of fused-ring (bicyclic) bond motifs is 1. The molecule has 3 aromatic rings. The van der Waals surface area contributed by atoms with E-state index >= 15 is 0 Å². The Morgan fingerprint density at radius 1 is 1.23 bits per heavy atom. The Bertz CT molecular complexity index is 994. The van der Waals surface area contributed by atoms with Gasteiger partial charge in [0.2, 0.25) is 11.9 Å². The van der Waals surface area contributed by atoms with Gasteiger partial charge in [0.15, 0.2) is 17.3 Å². The third-order valence-electron chi connectivity index (χ3n) is 4.26. The van der Waals surface area contributed by atoms with E-state index in [0.717, 1.165) is 22.8 Å². The summed E-state index contributed by atoms with van der Waals surface area (Å²) in [7, 11) is 1.75. The van der Waals surface area contributed by atoms with Crippen molar-refractivity contribution in [3.8, 4) is 17.2 Å². The lowest BCUT2D eigenvalue weighted by Crippen LogP contribution is -2.06. The number of rotatable bonds is 5. The van der Waals surface area contributed by atoms with E-state index in [9.17, 15) is 4.79 Å². The maximum Gasteiger partial charge on any atom is 0.231 e. The highest BCUT2D eigenvalue weighted by Gasteiger charge is 2.20. The van der Waals surface area contributed by atoms with Gasteiger partial charge in [0, 0.05) is 35.8 Å². The molecule has 0 fully saturated rings. The zero-order valence-corrected chi connectivity index (χ0v) is 15.4. The monoisotopic (exact) mass is 371 g/mol. The lowest BCUT2D eigenvalue weighted by Gasteiger charge is -2.10. The van der Waals surface area contributed by atoms with Gasteiger partial charge in [-0.1, -0.05) is 11.8 Å². The second-order valence-electron chi connectivity index (χ2n) is 5.95. The average molecular weight is 371 g/mol. The molecule has 0 N–H and O–H groups in total. The number of benzene rings is 1. The molecule has 4 rings (SSSR count). The first kappa shape index (κ1) is 16.6. The van der Waals surface area contributed by atoms with Crippen LogP contribution in [0.1, 0.15) is 21.7 Å². The van der Waals surface area contributed by atoms with Gasteiger partial charge in [0.05, 0.1) is 5.75 Å². The number of aryl methyl sites for hydroxylation is 2. The third-order valence-corrected chi connectivity index (χ3v) is 5.27. The van der Waals surface area contributed by atoms with E-state index in [1.165, 1.54) is 11.8 Å². The number of carbonyl (C=O) groups is 1. The number of aromatic nitrogens is 5. The van der Waals surface area contributed by atoms with Gasteiger partial charge in [0.25, 0.3) is 0 Å². The van der Waals surface area contributed by atoms with Crippen LogP contribution in [0.3, 0.4) is 0 Å². The molecule has 0 radical (unpaired) electrons. The molecular formula is C17H17N5O3S. The Kier molecular flexibility index (Phi) is 4.15. The van der Waals surface area contributed by atoms with Gasteiger partial charge in [-0.25, -0.2) is 4.68 Å². The molecule has 1 aliphatic rings. The van der Waals surface area contributed by atoms with E-state index in [4.69, 9.17) is 9.47 Å². The number of tetrazole rings is 1. The summed E-state index contributed by atoms with van der Waals surface area (Å²) in [6.45, 7) is 4.16. The molecular weight excluding hydrogens is 354 g/mol. The summed E-state index contributed by atoms with van der Waals surface area (Å²) in [5, 5.41) is 11.9. The van der Waals surface area contributed by atoms with Crippen LogP contribution in [0, 0.1) is 13.8 Å². The summed E-state index contributed by atoms with van der Waals surface area (Å²) in [6.07, 6.45) is 0. The molecule has 3 heterocycles. The van der Waals surface area contributed by atoms with Crippen molar-refractivity contribution >= 4 is 17.5 Å². The van der Waals surface area contributed by atoms with Crippen LogP contribution in [0.2, 0.25) is 0 Å². The van der Waals surface area contributed by atoms with E-state index in [1.54, 1.807) is 11.7 Å². The van der Waals surface area contributed by atoms with Gasteiger partial charge < -0.3 is 14.0 Å². The third kappa shape index (κ3) is 2.84. The molecule has 0 atom stereocenters. The standard InChI is InChI=1S/C17H17N5O3S/c1-10-6-13(14(23)8-26-17-18-19-20-21(17)3)11(2)22(10)12-4-5-15-16(7-12)25-9-24-15/h4-7H,8-9H2,1-3H3. The molecule has 9 heteroatoms. The van der Waals surface area contributed by atoms with Crippen LogP contribution in [0.5, 0.6) is 11.5 Å². The van der Waals surface area contributed by atoms with Gasteiger partial charge in [0.1, 0.15) is 0 Å². The summed E-state index contributed by atoms with van der Waals surface area (Å²) in [5.74, 6) is 1.77. The maximum absolute atomic E-state index is 12.7. The van der Waals surface area contributed by atoms with E-state index in [-0.39, 0.29) is 18.3 Å². The summed E-state index contributed by atoms with van der Waals surface area (Å²) >= 11 is 1.32. The number of Topliss-reactive ketones (excluding diaryl/α,β-unsaturated/α-hetero) is 1. The molecule has 26 heavy (non-hydrogen) atoms. The van der Waals surface area contributed by atoms with E-state index in [0.29, 0.717) is 16.5 Å². The van der Waals surface area contributed by atoms with E-state index in [2.05, 4.69) is 15.5 Å². The molecule has 8 nitrogen and oxygen atoms in total. The molecule has 0 saturated carbocycles. The number of ketones is 1. The van der Waals surface area contributed by atoms with Crippen LogP contribution in [0.15, 0.2) is 29.4 Å². The van der Waals surface area contributed by atoms with Gasteiger partial charge in [-0.15, -0.1) is 5.10 Å². The zero-order valence-electron chi connectivity index (χ0n) is 14.6. The fourth-order valence-electron chi connectivity index (χ4n) is 3.02. The number of thioether (sulfide) groups is 1. The molecule has 1 aromatic carbocycles. The summed E-state index contributed by atoms with van der Waals surface area (Å²) in [6, 6.07) is 7.69. The van der Waals surface area contributed by atoms with Crippen LogP contribution in [0.25, 0.3) is 5.69 Å². The molecule has 0 unspecified atom stereocenters. The van der Waals surface area contributed by atoms with Crippen molar-refractivity contribution in [3.05, 3.63) is 41.2 Å². The van der Waals surface area contributed by atoms with Crippen molar-refractivity contribution in [2.45, 2.75) is 19.0 Å². The van der Waals surface area contributed by atoms with Crippen LogP contribution in [-0.4, -0.2) is 43.1 Å². The first-order chi connectivity index (χ1) is 12.5. The largest absolute Gasteiger partial charge is 0.454 e. The number of hydrogen-bond acceptors (Lipinski definition) is 7. The Hall–Kier alpha value is -2.81. The summed E-state index contributed by atoms with van der Waals surface area (Å²) < 4.78 is 14.4. The normalized spacial score (nSPS) is 12.6. The highest BCUT2D eigenvalue weighted by molar-refractivity contribution is 7.99. The number of carbonyl (C=O) groups excluding carboxylic acids is 1. The first-order valence-corrected chi connectivity index (χ1v) is 9.00. The summed E-state index contributed by atoms with van der Waals surface area (Å²) in [5.41, 5.74) is 3.51. The second-order valence-corrected chi connectivity index (χ2v) is 6.90. The van der Waals surface area contributed by atoms with Gasteiger partial charge in [-0.2, -0.15) is 0 Å². The van der Waals surface area contributed by atoms with Crippen molar-refractivity contribution in [3.63, 3.8) is 0 Å². The van der Waals surface area contributed by atoms with Crippen LogP contribution in [0.4, 0.5) is 0 Å². The first-order valence-electron chi connectivity index (χ1n) is 8.02. The average Bonchev–Trinajstić information content (AvgIpc) is 3.31. The Morgan fingerprint density at radius 3 is 2.81 bits per heavy atom. The van der Waals surface area contributed by atoms with E-state index < -0.39 is 0 Å². The minimum Gasteiger partial charge on any atom is -0.454 e. The number of nitrogens with zero attached hydrogens (tertiary/aromatic N) is 5. The SMILES string of the molecule is Cc1cc(C(=O)CSc2nnnn2C)c(C)n1-c1ccc2c(c1)OCO2. The van der Waals surface area contributed by atoms with Crippen molar-refractivity contribution in [1.29, 1.82) is 0 Å².